The van der Waals surface area contributed by atoms with E-state index in [2.05, 4.69) is 15.9 Å². The molecular weight excluding hydrogens is 448 g/mol. The molecule has 0 amide bonds. The summed E-state index contributed by atoms with van der Waals surface area (Å²) in [6, 6.07) is 17.4. The Hall–Kier alpha value is -3.38. The van der Waals surface area contributed by atoms with Crippen molar-refractivity contribution in [2.75, 3.05) is 7.11 Å². The van der Waals surface area contributed by atoms with Crippen LogP contribution >= 0.6 is 15.9 Å². The number of carbonyl (C=O) groups is 2. The number of hydrogen-bond donors (Lipinski definition) is 0. The number of allylic oxidation sites excluding steroid dienone is 1. The minimum atomic E-state index is -0.478. The number of methoxy groups -OCH3 is 1. The topological polar surface area (TPSA) is 61.8 Å². The van der Waals surface area contributed by atoms with Crippen molar-refractivity contribution >= 4 is 33.8 Å². The van der Waals surface area contributed by atoms with Crippen molar-refractivity contribution in [2.45, 2.75) is 6.92 Å². The molecule has 0 unspecified atom stereocenters. The lowest BCUT2D eigenvalue weighted by Crippen LogP contribution is -2.08. The van der Waals surface area contributed by atoms with Gasteiger partial charge in [-0.3, -0.25) is 4.79 Å². The first-order valence-corrected chi connectivity index (χ1v) is 9.95. The van der Waals surface area contributed by atoms with E-state index in [9.17, 15) is 9.59 Å². The maximum absolute atomic E-state index is 12.9. The van der Waals surface area contributed by atoms with Crippen LogP contribution in [0.15, 0.2) is 70.9 Å². The van der Waals surface area contributed by atoms with Gasteiger partial charge in [0.2, 0.25) is 5.78 Å². The van der Waals surface area contributed by atoms with Gasteiger partial charge in [0.25, 0.3) is 0 Å². The third-order valence-corrected chi connectivity index (χ3v) is 5.14. The van der Waals surface area contributed by atoms with Gasteiger partial charge in [-0.2, -0.15) is 0 Å². The molecule has 3 aromatic carbocycles. The van der Waals surface area contributed by atoms with E-state index in [-0.39, 0.29) is 11.5 Å². The second-order valence-corrected chi connectivity index (χ2v) is 7.61. The molecule has 1 aliphatic rings. The summed E-state index contributed by atoms with van der Waals surface area (Å²) in [7, 11) is 1.56. The Bertz CT molecular complexity index is 1180. The molecule has 5 nitrogen and oxygen atoms in total. The average molecular weight is 465 g/mol. The van der Waals surface area contributed by atoms with E-state index < -0.39 is 5.97 Å². The Kier molecular flexibility index (Phi) is 5.42. The summed E-state index contributed by atoms with van der Waals surface area (Å²) < 4.78 is 17.5. The zero-order valence-corrected chi connectivity index (χ0v) is 17.9. The van der Waals surface area contributed by atoms with Crippen LogP contribution in [0.25, 0.3) is 6.08 Å². The first-order valence-electron chi connectivity index (χ1n) is 9.16. The molecule has 3 aromatic rings. The van der Waals surface area contributed by atoms with Crippen molar-refractivity contribution in [3.8, 4) is 17.2 Å². The zero-order valence-electron chi connectivity index (χ0n) is 16.3. The molecule has 0 bridgehead atoms. The fourth-order valence-corrected chi connectivity index (χ4v) is 3.61. The van der Waals surface area contributed by atoms with Crippen LogP contribution in [0.1, 0.15) is 31.8 Å². The van der Waals surface area contributed by atoms with Gasteiger partial charge in [-0.05, 0) is 55.0 Å². The van der Waals surface area contributed by atoms with Crippen LogP contribution in [0.2, 0.25) is 0 Å². The minimum absolute atomic E-state index is 0.177. The molecule has 0 aliphatic carbocycles. The first-order chi connectivity index (χ1) is 14.5. The van der Waals surface area contributed by atoms with E-state index in [1.807, 2.05) is 18.2 Å². The smallest absolute Gasteiger partial charge is 0.343 e. The van der Waals surface area contributed by atoms with E-state index in [0.29, 0.717) is 39.5 Å². The summed E-state index contributed by atoms with van der Waals surface area (Å²) in [6.45, 7) is 1.78. The Morgan fingerprint density at radius 1 is 1.07 bits per heavy atom. The Balaban J connectivity index is 1.64. The monoisotopic (exact) mass is 464 g/mol. The van der Waals surface area contributed by atoms with Gasteiger partial charge in [-0.15, -0.1) is 0 Å². The van der Waals surface area contributed by atoms with Gasteiger partial charge in [-0.1, -0.05) is 34.1 Å². The molecule has 0 fully saturated rings. The fourth-order valence-electron chi connectivity index (χ4n) is 3.24. The molecule has 0 aromatic heterocycles. The van der Waals surface area contributed by atoms with Crippen LogP contribution in [-0.2, 0) is 0 Å². The molecule has 30 heavy (non-hydrogen) atoms. The molecular formula is C24H17BrO5. The normalized spacial score (nSPS) is 13.7. The van der Waals surface area contributed by atoms with E-state index in [0.717, 1.165) is 4.47 Å². The van der Waals surface area contributed by atoms with Crippen LogP contribution in [0.3, 0.4) is 0 Å². The zero-order chi connectivity index (χ0) is 21.3. The fraction of sp³-hybridized carbons (Fsp3) is 0.0833. The molecule has 0 saturated carbocycles. The highest BCUT2D eigenvalue weighted by Gasteiger charge is 2.30. The highest BCUT2D eigenvalue weighted by Crippen LogP contribution is 2.38. The van der Waals surface area contributed by atoms with Crippen molar-refractivity contribution in [1.82, 2.24) is 0 Å². The Morgan fingerprint density at radius 3 is 2.57 bits per heavy atom. The molecule has 1 aliphatic heterocycles. The van der Waals surface area contributed by atoms with Crippen molar-refractivity contribution in [3.05, 3.63) is 93.1 Å². The van der Waals surface area contributed by atoms with Crippen molar-refractivity contribution in [2.24, 2.45) is 0 Å². The number of hydrogen-bond acceptors (Lipinski definition) is 5. The third-order valence-electron chi connectivity index (χ3n) is 4.64. The summed E-state index contributed by atoms with van der Waals surface area (Å²) in [4.78, 5) is 25.2. The summed E-state index contributed by atoms with van der Waals surface area (Å²) in [5.74, 6) is 0.757. The SMILES string of the molecule is COc1ccc(Br)cc1/C=C1\Oc2cc(OC(=O)c3ccccc3)cc(C)c2C1=O. The predicted molar refractivity (Wildman–Crippen MR) is 116 cm³/mol. The number of carbonyl (C=O) groups excluding carboxylic acids is 2. The number of esters is 1. The molecule has 0 atom stereocenters. The van der Waals surface area contributed by atoms with Gasteiger partial charge >= 0.3 is 5.97 Å². The van der Waals surface area contributed by atoms with Crippen LogP contribution in [0.5, 0.6) is 17.2 Å². The van der Waals surface area contributed by atoms with Crippen molar-refractivity contribution in [1.29, 1.82) is 0 Å². The quantitative estimate of drug-likeness (QED) is 0.285. The molecule has 150 valence electrons. The van der Waals surface area contributed by atoms with Gasteiger partial charge in [-0.25, -0.2) is 4.79 Å². The van der Waals surface area contributed by atoms with E-state index in [1.165, 1.54) is 0 Å². The lowest BCUT2D eigenvalue weighted by Gasteiger charge is -2.08. The summed E-state index contributed by atoms with van der Waals surface area (Å²) in [5.41, 5.74) is 2.26. The number of rotatable bonds is 4. The summed E-state index contributed by atoms with van der Waals surface area (Å²) in [5, 5.41) is 0. The van der Waals surface area contributed by atoms with Crippen LogP contribution < -0.4 is 14.2 Å². The van der Waals surface area contributed by atoms with Crippen molar-refractivity contribution < 1.29 is 23.8 Å². The highest BCUT2D eigenvalue weighted by molar-refractivity contribution is 9.10. The number of benzene rings is 3. The Morgan fingerprint density at radius 2 is 1.83 bits per heavy atom. The maximum atomic E-state index is 12.9. The lowest BCUT2D eigenvalue weighted by molar-refractivity contribution is 0.0734. The van der Waals surface area contributed by atoms with Crippen LogP contribution in [-0.4, -0.2) is 18.9 Å². The Labute approximate surface area is 182 Å². The van der Waals surface area contributed by atoms with E-state index in [1.54, 1.807) is 62.6 Å². The number of ether oxygens (including phenoxy) is 3. The third kappa shape index (κ3) is 3.86. The van der Waals surface area contributed by atoms with E-state index >= 15 is 0 Å². The van der Waals surface area contributed by atoms with Crippen LogP contribution in [0, 0.1) is 6.92 Å². The van der Waals surface area contributed by atoms with Gasteiger partial charge in [0.1, 0.15) is 17.2 Å². The summed E-state index contributed by atoms with van der Waals surface area (Å²) >= 11 is 3.42. The van der Waals surface area contributed by atoms with Gasteiger partial charge < -0.3 is 14.2 Å². The highest BCUT2D eigenvalue weighted by atomic mass is 79.9. The molecule has 0 N–H and O–H groups in total. The largest absolute Gasteiger partial charge is 0.496 e. The maximum Gasteiger partial charge on any atom is 0.343 e. The molecule has 0 radical (unpaired) electrons. The summed E-state index contributed by atoms with van der Waals surface area (Å²) in [6.07, 6.45) is 1.64. The average Bonchev–Trinajstić information content (AvgIpc) is 3.04. The number of Topliss-reactive ketones (excluding diaryl/α,β-unsaturated/α-hetero) is 1. The van der Waals surface area contributed by atoms with Gasteiger partial charge in [0.05, 0.1) is 18.2 Å². The number of halogens is 1. The second kappa shape index (κ2) is 8.16. The number of fused-ring (bicyclic) bond motifs is 1. The standard InChI is InChI=1S/C24H17BrO5/c1-14-10-18(29-24(27)15-6-4-3-5-7-15)13-20-22(14)23(26)21(30-20)12-16-11-17(25)8-9-19(16)28-2/h3-13H,1-2H3/b21-12-. The van der Waals surface area contributed by atoms with Crippen LogP contribution in [0.4, 0.5) is 0 Å². The van der Waals surface area contributed by atoms with Gasteiger partial charge in [0, 0.05) is 16.1 Å². The molecule has 0 saturated heterocycles. The molecule has 6 heteroatoms. The molecule has 0 spiro atoms. The lowest BCUT2D eigenvalue weighted by atomic mass is 10.0. The van der Waals surface area contributed by atoms with Crippen molar-refractivity contribution in [3.63, 3.8) is 0 Å². The first kappa shape index (κ1) is 19.9. The molecule has 1 heterocycles. The minimum Gasteiger partial charge on any atom is -0.496 e. The predicted octanol–water partition coefficient (Wildman–Crippen LogP) is 5.60. The number of aryl methyl sites for hydroxylation is 1. The second-order valence-electron chi connectivity index (χ2n) is 6.69. The number of ketones is 1. The van der Waals surface area contributed by atoms with E-state index in [4.69, 9.17) is 14.2 Å². The van der Waals surface area contributed by atoms with Gasteiger partial charge in [0.15, 0.2) is 5.76 Å². The molecule has 4 rings (SSSR count).